The Bertz CT molecular complexity index is 822. The molecular weight excluding hydrogens is 353 g/mol. The fourth-order valence-electron chi connectivity index (χ4n) is 2.48. The van der Waals surface area contributed by atoms with Gasteiger partial charge in [0, 0.05) is 37.7 Å². The zero-order valence-electron chi connectivity index (χ0n) is 15.0. The van der Waals surface area contributed by atoms with Crippen molar-refractivity contribution in [2.75, 3.05) is 13.6 Å². The van der Waals surface area contributed by atoms with E-state index in [0.717, 1.165) is 5.56 Å². The minimum absolute atomic E-state index is 0.0980. The number of non-ortho nitro benzene ring substituents is 1. The third-order valence-corrected chi connectivity index (χ3v) is 4.29. The lowest BCUT2D eigenvalue weighted by atomic mass is 10.1. The molecule has 142 valence electrons. The van der Waals surface area contributed by atoms with Crippen molar-refractivity contribution in [3.63, 3.8) is 0 Å². The third kappa shape index (κ3) is 5.34. The van der Waals surface area contributed by atoms with Gasteiger partial charge in [0.15, 0.2) is 0 Å². The fraction of sp³-hybridized carbons (Fsp3) is 0.263. The molecule has 0 heterocycles. The summed E-state index contributed by atoms with van der Waals surface area (Å²) in [5.41, 5.74) is 0.987. The molecule has 1 N–H and O–H groups in total. The summed E-state index contributed by atoms with van der Waals surface area (Å²) in [4.78, 5) is 35.9. The van der Waals surface area contributed by atoms with Crippen LogP contribution in [0.1, 0.15) is 35.3 Å². The second kappa shape index (κ2) is 8.88. The normalized spacial score (nSPS) is 11.5. The van der Waals surface area contributed by atoms with Crippen molar-refractivity contribution in [2.24, 2.45) is 0 Å². The van der Waals surface area contributed by atoms with E-state index in [1.807, 2.05) is 6.92 Å². The summed E-state index contributed by atoms with van der Waals surface area (Å²) in [5.74, 6) is -0.920. The number of hydrogen-bond acceptors (Lipinski definition) is 4. The average molecular weight is 373 g/mol. The third-order valence-electron chi connectivity index (χ3n) is 4.29. The molecule has 0 aliphatic rings. The molecule has 2 aromatic rings. The molecule has 0 bridgehead atoms. The smallest absolute Gasteiger partial charge is 0.269 e. The fourth-order valence-corrected chi connectivity index (χ4v) is 2.48. The van der Waals surface area contributed by atoms with Crippen LogP contribution in [0.25, 0.3) is 0 Å². The van der Waals surface area contributed by atoms with Crippen molar-refractivity contribution < 1.29 is 18.9 Å². The second-order valence-electron chi connectivity index (χ2n) is 6.04. The Morgan fingerprint density at radius 3 is 2.30 bits per heavy atom. The van der Waals surface area contributed by atoms with Crippen molar-refractivity contribution in [1.29, 1.82) is 0 Å². The van der Waals surface area contributed by atoms with Gasteiger partial charge in [-0.1, -0.05) is 12.1 Å². The Morgan fingerprint density at radius 1 is 1.15 bits per heavy atom. The summed E-state index contributed by atoms with van der Waals surface area (Å²) < 4.78 is 13.0. The van der Waals surface area contributed by atoms with E-state index in [1.54, 1.807) is 19.2 Å². The highest BCUT2D eigenvalue weighted by Crippen LogP contribution is 2.19. The van der Waals surface area contributed by atoms with Crippen LogP contribution in [0.3, 0.4) is 0 Å². The van der Waals surface area contributed by atoms with Gasteiger partial charge in [-0.05, 0) is 36.8 Å². The summed E-state index contributed by atoms with van der Waals surface area (Å²) >= 11 is 0. The number of rotatable bonds is 7. The minimum atomic E-state index is -0.543. The minimum Gasteiger partial charge on any atom is -0.352 e. The van der Waals surface area contributed by atoms with E-state index in [-0.39, 0.29) is 42.0 Å². The van der Waals surface area contributed by atoms with Crippen molar-refractivity contribution in [1.82, 2.24) is 10.2 Å². The number of halogens is 1. The highest BCUT2D eigenvalue weighted by molar-refractivity contribution is 5.94. The highest BCUT2D eigenvalue weighted by atomic mass is 19.1. The van der Waals surface area contributed by atoms with Crippen molar-refractivity contribution in [2.45, 2.75) is 19.4 Å². The van der Waals surface area contributed by atoms with E-state index in [9.17, 15) is 24.1 Å². The molecule has 1 atom stereocenters. The summed E-state index contributed by atoms with van der Waals surface area (Å²) in [6.45, 7) is 1.97. The van der Waals surface area contributed by atoms with E-state index in [1.165, 1.54) is 41.3 Å². The first-order valence-electron chi connectivity index (χ1n) is 8.33. The molecule has 27 heavy (non-hydrogen) atoms. The molecule has 0 spiro atoms. The lowest BCUT2D eigenvalue weighted by molar-refractivity contribution is -0.384. The summed E-state index contributed by atoms with van der Waals surface area (Å²) in [6.07, 6.45) is 0.0980. The zero-order valence-corrected chi connectivity index (χ0v) is 15.0. The lowest BCUT2D eigenvalue weighted by Gasteiger charge is -2.25. The molecule has 0 saturated carbocycles. The predicted octanol–water partition coefficient (Wildman–Crippen LogP) is 3.07. The standard InChI is InChI=1S/C19H20FN3O4/c1-13(14-3-7-16(20)8-4-14)22(2)18(24)11-12-21-19(25)15-5-9-17(10-6-15)23(26)27/h3-10,13H,11-12H2,1-2H3,(H,21,25). The number of amides is 2. The molecule has 7 nitrogen and oxygen atoms in total. The summed E-state index contributed by atoms with van der Waals surface area (Å²) in [6, 6.07) is 10.9. The lowest BCUT2D eigenvalue weighted by Crippen LogP contribution is -2.33. The van der Waals surface area contributed by atoms with E-state index in [4.69, 9.17) is 0 Å². The van der Waals surface area contributed by atoms with Crippen LogP contribution in [0.15, 0.2) is 48.5 Å². The maximum absolute atomic E-state index is 13.0. The van der Waals surface area contributed by atoms with E-state index in [0.29, 0.717) is 0 Å². The van der Waals surface area contributed by atoms with Crippen LogP contribution in [0, 0.1) is 15.9 Å². The van der Waals surface area contributed by atoms with Crippen LogP contribution in [0.4, 0.5) is 10.1 Å². The number of nitro benzene ring substituents is 1. The second-order valence-corrected chi connectivity index (χ2v) is 6.04. The molecule has 0 aliphatic heterocycles. The molecule has 0 aromatic heterocycles. The Balaban J connectivity index is 1.84. The van der Waals surface area contributed by atoms with Gasteiger partial charge in [-0.15, -0.1) is 0 Å². The van der Waals surface area contributed by atoms with Crippen LogP contribution in [0.2, 0.25) is 0 Å². The summed E-state index contributed by atoms with van der Waals surface area (Å²) in [5, 5.41) is 13.2. The van der Waals surface area contributed by atoms with Crippen molar-refractivity contribution >= 4 is 17.5 Å². The largest absolute Gasteiger partial charge is 0.352 e. The first-order valence-corrected chi connectivity index (χ1v) is 8.33. The Kier molecular flexibility index (Phi) is 6.59. The number of carbonyl (C=O) groups excluding carboxylic acids is 2. The van der Waals surface area contributed by atoms with Gasteiger partial charge in [0.1, 0.15) is 5.82 Å². The Hall–Kier alpha value is -3.29. The van der Waals surface area contributed by atoms with Crippen LogP contribution in [0.5, 0.6) is 0 Å². The van der Waals surface area contributed by atoms with Gasteiger partial charge < -0.3 is 10.2 Å². The monoisotopic (exact) mass is 373 g/mol. The summed E-state index contributed by atoms with van der Waals surface area (Å²) in [7, 11) is 1.65. The van der Waals surface area contributed by atoms with E-state index < -0.39 is 10.8 Å². The Morgan fingerprint density at radius 2 is 1.74 bits per heavy atom. The highest BCUT2D eigenvalue weighted by Gasteiger charge is 2.17. The zero-order chi connectivity index (χ0) is 20.0. The van der Waals surface area contributed by atoms with Crippen LogP contribution in [-0.4, -0.2) is 35.2 Å². The van der Waals surface area contributed by atoms with Gasteiger partial charge >= 0.3 is 0 Å². The van der Waals surface area contributed by atoms with Crippen molar-refractivity contribution in [3.8, 4) is 0 Å². The van der Waals surface area contributed by atoms with Crippen LogP contribution in [-0.2, 0) is 4.79 Å². The Labute approximate surface area is 155 Å². The van der Waals surface area contributed by atoms with E-state index in [2.05, 4.69) is 5.32 Å². The quantitative estimate of drug-likeness (QED) is 0.596. The number of carbonyl (C=O) groups is 2. The van der Waals surface area contributed by atoms with Gasteiger partial charge in [-0.25, -0.2) is 4.39 Å². The number of nitrogens with one attached hydrogen (secondary N) is 1. The first-order chi connectivity index (χ1) is 12.8. The molecule has 2 rings (SSSR count). The first kappa shape index (κ1) is 20.0. The number of nitrogens with zero attached hydrogens (tertiary/aromatic N) is 2. The van der Waals surface area contributed by atoms with Gasteiger partial charge in [0.2, 0.25) is 5.91 Å². The van der Waals surface area contributed by atoms with Gasteiger partial charge in [0.25, 0.3) is 11.6 Å². The molecule has 2 aromatic carbocycles. The van der Waals surface area contributed by atoms with E-state index >= 15 is 0 Å². The topological polar surface area (TPSA) is 92.6 Å². The molecule has 0 aliphatic carbocycles. The molecule has 1 unspecified atom stereocenters. The molecule has 8 heteroatoms. The number of benzene rings is 2. The maximum atomic E-state index is 13.0. The molecular formula is C19H20FN3O4. The van der Waals surface area contributed by atoms with Gasteiger partial charge in [0.05, 0.1) is 11.0 Å². The molecule has 2 amide bonds. The number of nitro groups is 1. The molecule has 0 fully saturated rings. The van der Waals surface area contributed by atoms with Crippen molar-refractivity contribution in [3.05, 3.63) is 75.6 Å². The predicted molar refractivity (Wildman–Crippen MR) is 97.6 cm³/mol. The average Bonchev–Trinajstić information content (AvgIpc) is 2.67. The maximum Gasteiger partial charge on any atom is 0.269 e. The SMILES string of the molecule is CC(c1ccc(F)cc1)N(C)C(=O)CCNC(=O)c1ccc([N+](=O)[O-])cc1. The van der Waals surface area contributed by atoms with Gasteiger partial charge in [-0.3, -0.25) is 19.7 Å². The number of hydrogen-bond donors (Lipinski definition) is 1. The van der Waals surface area contributed by atoms with Crippen LogP contribution >= 0.6 is 0 Å². The van der Waals surface area contributed by atoms with Gasteiger partial charge in [-0.2, -0.15) is 0 Å². The molecule has 0 radical (unpaired) electrons. The molecule has 0 saturated heterocycles. The van der Waals surface area contributed by atoms with Crippen LogP contribution < -0.4 is 5.32 Å².